The largest absolute Gasteiger partial charge is 0.380 e. The molecule has 0 radical (unpaired) electrons. The zero-order valence-electron chi connectivity index (χ0n) is 7.06. The standard InChI is InChI=1S/C9H12NO2/c1-2-6-9(11)12-10-7-4-3-5-8-10/h3-5,7-8H,2,6H2,1H3/q+1. The van der Waals surface area contributed by atoms with Crippen molar-refractivity contribution in [1.29, 1.82) is 0 Å². The van der Waals surface area contributed by atoms with E-state index < -0.39 is 0 Å². The van der Waals surface area contributed by atoms with Gasteiger partial charge in [-0.25, -0.2) is 4.79 Å². The van der Waals surface area contributed by atoms with Gasteiger partial charge in [0.2, 0.25) is 12.4 Å². The highest BCUT2D eigenvalue weighted by molar-refractivity contribution is 5.68. The van der Waals surface area contributed by atoms with Gasteiger partial charge in [0, 0.05) is 16.9 Å². The monoisotopic (exact) mass is 166 g/mol. The molecule has 0 amide bonds. The number of nitrogens with zero attached hydrogens (tertiary/aromatic N) is 1. The normalized spacial score (nSPS) is 9.42. The SMILES string of the molecule is CCCC(=O)O[n+]1ccccc1. The molecule has 3 nitrogen and oxygen atoms in total. The van der Waals surface area contributed by atoms with Crippen LogP contribution in [0.3, 0.4) is 0 Å². The van der Waals surface area contributed by atoms with Crippen molar-refractivity contribution in [2.45, 2.75) is 19.8 Å². The van der Waals surface area contributed by atoms with E-state index in [1.54, 1.807) is 24.5 Å². The third-order valence-corrected chi connectivity index (χ3v) is 1.35. The van der Waals surface area contributed by atoms with E-state index in [-0.39, 0.29) is 5.97 Å². The number of carbonyl (C=O) groups excluding carboxylic acids is 1. The van der Waals surface area contributed by atoms with E-state index in [1.807, 2.05) is 13.0 Å². The Labute approximate surface area is 71.5 Å². The molecule has 1 rings (SSSR count). The van der Waals surface area contributed by atoms with Crippen molar-refractivity contribution in [1.82, 2.24) is 0 Å². The molecule has 0 unspecified atom stereocenters. The number of pyridine rings is 1. The van der Waals surface area contributed by atoms with Gasteiger partial charge in [0.05, 0.1) is 6.42 Å². The van der Waals surface area contributed by atoms with E-state index in [1.165, 1.54) is 4.73 Å². The lowest BCUT2D eigenvalue weighted by Crippen LogP contribution is -2.44. The van der Waals surface area contributed by atoms with Gasteiger partial charge in [0.1, 0.15) is 0 Å². The maximum Gasteiger partial charge on any atom is 0.380 e. The summed E-state index contributed by atoms with van der Waals surface area (Å²) in [6.45, 7) is 1.94. The molecule has 0 aliphatic rings. The summed E-state index contributed by atoms with van der Waals surface area (Å²) in [6, 6.07) is 5.47. The smallest absolute Gasteiger partial charge is 0.245 e. The van der Waals surface area contributed by atoms with Gasteiger partial charge in [-0.2, -0.15) is 4.84 Å². The topological polar surface area (TPSA) is 30.2 Å². The van der Waals surface area contributed by atoms with Crippen molar-refractivity contribution in [2.24, 2.45) is 0 Å². The molecule has 0 spiro atoms. The van der Waals surface area contributed by atoms with E-state index >= 15 is 0 Å². The van der Waals surface area contributed by atoms with Crippen LogP contribution in [0.5, 0.6) is 0 Å². The van der Waals surface area contributed by atoms with Gasteiger partial charge >= 0.3 is 5.97 Å². The maximum atomic E-state index is 11.0. The van der Waals surface area contributed by atoms with E-state index in [2.05, 4.69) is 0 Å². The van der Waals surface area contributed by atoms with Crippen LogP contribution >= 0.6 is 0 Å². The summed E-state index contributed by atoms with van der Waals surface area (Å²) >= 11 is 0. The van der Waals surface area contributed by atoms with Gasteiger partial charge in [-0.05, 0) is 6.42 Å². The Morgan fingerprint density at radius 1 is 1.33 bits per heavy atom. The summed E-state index contributed by atoms with van der Waals surface area (Å²) in [4.78, 5) is 15.9. The number of rotatable bonds is 3. The van der Waals surface area contributed by atoms with E-state index in [0.717, 1.165) is 6.42 Å². The van der Waals surface area contributed by atoms with Crippen LogP contribution in [0.25, 0.3) is 0 Å². The third-order valence-electron chi connectivity index (χ3n) is 1.35. The lowest BCUT2D eigenvalue weighted by atomic mass is 10.3. The number of hydrogen-bond donors (Lipinski definition) is 0. The first-order valence-corrected chi connectivity index (χ1v) is 4.00. The third kappa shape index (κ3) is 2.70. The highest BCUT2D eigenvalue weighted by atomic mass is 16.7. The summed E-state index contributed by atoms with van der Waals surface area (Å²) in [5.41, 5.74) is 0. The van der Waals surface area contributed by atoms with Gasteiger partial charge in [-0.1, -0.05) is 13.0 Å². The minimum absolute atomic E-state index is 0.200. The van der Waals surface area contributed by atoms with Gasteiger partial charge in [0.25, 0.3) is 0 Å². The highest BCUT2D eigenvalue weighted by Crippen LogP contribution is 1.85. The Hall–Kier alpha value is -1.38. The molecule has 1 heterocycles. The fourth-order valence-electron chi connectivity index (χ4n) is 0.811. The first-order chi connectivity index (χ1) is 5.83. The summed E-state index contributed by atoms with van der Waals surface area (Å²) in [6.07, 6.45) is 4.65. The Bertz CT molecular complexity index is 246. The van der Waals surface area contributed by atoms with Crippen LogP contribution in [0, 0.1) is 0 Å². The molecule has 0 N–H and O–H groups in total. The fraction of sp³-hybridized carbons (Fsp3) is 0.333. The van der Waals surface area contributed by atoms with Crippen molar-refractivity contribution in [3.8, 4) is 0 Å². The number of carbonyl (C=O) groups is 1. The molecule has 0 saturated heterocycles. The predicted molar refractivity (Wildman–Crippen MR) is 43.1 cm³/mol. The summed E-state index contributed by atoms with van der Waals surface area (Å²) in [5, 5.41) is 0. The minimum Gasteiger partial charge on any atom is -0.245 e. The molecule has 0 aliphatic heterocycles. The van der Waals surface area contributed by atoms with Crippen LogP contribution in [-0.2, 0) is 4.79 Å². The summed E-state index contributed by atoms with van der Waals surface area (Å²) in [7, 11) is 0. The molecule has 12 heavy (non-hydrogen) atoms. The molecule has 64 valence electrons. The van der Waals surface area contributed by atoms with Crippen LogP contribution in [0.2, 0.25) is 0 Å². The average molecular weight is 166 g/mol. The molecule has 1 aromatic heterocycles. The lowest BCUT2D eigenvalue weighted by molar-refractivity contribution is -0.869. The minimum atomic E-state index is -0.200. The van der Waals surface area contributed by atoms with Crippen LogP contribution in [-0.4, -0.2) is 5.97 Å². The van der Waals surface area contributed by atoms with Crippen LogP contribution in [0.4, 0.5) is 0 Å². The van der Waals surface area contributed by atoms with Crippen LogP contribution in [0.1, 0.15) is 19.8 Å². The van der Waals surface area contributed by atoms with Crippen molar-refractivity contribution in [3.63, 3.8) is 0 Å². The second-order valence-electron chi connectivity index (χ2n) is 2.45. The fourth-order valence-corrected chi connectivity index (χ4v) is 0.811. The summed E-state index contributed by atoms with van der Waals surface area (Å²) < 4.78 is 1.40. The average Bonchev–Trinajstić information content (AvgIpc) is 2.06. The van der Waals surface area contributed by atoms with Crippen LogP contribution in [0.15, 0.2) is 30.6 Å². The first-order valence-electron chi connectivity index (χ1n) is 4.00. The van der Waals surface area contributed by atoms with E-state index in [0.29, 0.717) is 6.42 Å². The Balaban J connectivity index is 2.47. The molecule has 0 bridgehead atoms. The zero-order chi connectivity index (χ0) is 8.81. The second-order valence-corrected chi connectivity index (χ2v) is 2.45. The van der Waals surface area contributed by atoms with Crippen molar-refractivity contribution in [2.75, 3.05) is 0 Å². The van der Waals surface area contributed by atoms with E-state index in [9.17, 15) is 4.79 Å². The molecular formula is C9H12NO2+. The van der Waals surface area contributed by atoms with Crippen molar-refractivity contribution in [3.05, 3.63) is 30.6 Å². The summed E-state index contributed by atoms with van der Waals surface area (Å²) in [5.74, 6) is -0.200. The molecule has 3 heteroatoms. The first kappa shape index (κ1) is 8.71. The Morgan fingerprint density at radius 3 is 2.58 bits per heavy atom. The molecule has 0 aromatic carbocycles. The maximum absolute atomic E-state index is 11.0. The number of aromatic nitrogens is 1. The highest BCUT2D eigenvalue weighted by Gasteiger charge is 2.07. The second kappa shape index (κ2) is 4.49. The zero-order valence-corrected chi connectivity index (χ0v) is 7.06. The van der Waals surface area contributed by atoms with Gasteiger partial charge < -0.3 is 0 Å². The Kier molecular flexibility index (Phi) is 3.26. The molecule has 0 atom stereocenters. The molecule has 1 aromatic rings. The molecular weight excluding hydrogens is 154 g/mol. The Morgan fingerprint density at radius 2 is 2.00 bits per heavy atom. The van der Waals surface area contributed by atoms with Crippen molar-refractivity contribution < 1.29 is 14.4 Å². The molecule has 0 aliphatic carbocycles. The molecule has 0 fully saturated rings. The lowest BCUT2D eigenvalue weighted by Gasteiger charge is -1.93. The van der Waals surface area contributed by atoms with Gasteiger partial charge in [-0.15, -0.1) is 0 Å². The predicted octanol–water partition coefficient (Wildman–Crippen LogP) is 0.729. The number of hydrogen-bond acceptors (Lipinski definition) is 2. The van der Waals surface area contributed by atoms with Gasteiger partial charge in [0.15, 0.2) is 0 Å². The molecule has 0 saturated carbocycles. The van der Waals surface area contributed by atoms with Crippen LogP contribution < -0.4 is 9.57 Å². The van der Waals surface area contributed by atoms with E-state index in [4.69, 9.17) is 4.84 Å². The van der Waals surface area contributed by atoms with Gasteiger partial charge in [-0.3, -0.25) is 0 Å². The quantitative estimate of drug-likeness (QED) is 0.620. The van der Waals surface area contributed by atoms with Crippen molar-refractivity contribution >= 4 is 5.97 Å².